The van der Waals surface area contributed by atoms with Gasteiger partial charge in [-0.25, -0.2) is 0 Å². The number of nitrogens with zero attached hydrogens (tertiary/aromatic N) is 1. The van der Waals surface area contributed by atoms with E-state index < -0.39 is 0 Å². The molecule has 142 valence electrons. The van der Waals surface area contributed by atoms with Gasteiger partial charge in [-0.1, -0.05) is 91.0 Å². The normalized spacial score (nSPS) is 12.4. The molecule has 0 aromatic heterocycles. The van der Waals surface area contributed by atoms with Gasteiger partial charge in [-0.3, -0.25) is 0 Å². The molecule has 0 saturated carbocycles. The third-order valence-electron chi connectivity index (χ3n) is 5.12. The first kappa shape index (κ1) is 18.8. The largest absolute Gasteiger partial charge is 0.310 e. The van der Waals surface area contributed by atoms with E-state index in [1.165, 1.54) is 27.2 Å². The summed E-state index contributed by atoms with van der Waals surface area (Å²) in [5, 5.41) is 4.97. The summed E-state index contributed by atoms with van der Waals surface area (Å²) in [5.41, 5.74) is 3.46. The summed E-state index contributed by atoms with van der Waals surface area (Å²) in [6, 6.07) is 30.2. The smallest absolute Gasteiger partial charge is 0.0539 e. The lowest BCUT2D eigenvalue weighted by Crippen LogP contribution is -2.15. The van der Waals surface area contributed by atoms with Crippen molar-refractivity contribution in [2.75, 3.05) is 4.90 Å². The molecule has 29 heavy (non-hydrogen) atoms. The third kappa shape index (κ3) is 3.86. The van der Waals surface area contributed by atoms with E-state index >= 15 is 0 Å². The van der Waals surface area contributed by atoms with Gasteiger partial charge in [0.25, 0.3) is 0 Å². The van der Waals surface area contributed by atoms with Crippen molar-refractivity contribution in [3.63, 3.8) is 0 Å². The summed E-state index contributed by atoms with van der Waals surface area (Å²) in [6.45, 7) is 4.12. The average Bonchev–Trinajstić information content (AvgIpc) is 2.78. The molecule has 0 aliphatic heterocycles. The summed E-state index contributed by atoms with van der Waals surface area (Å²) in [5.74, 6) is 0. The molecule has 0 radical (unpaired) electrons. The van der Waals surface area contributed by atoms with Gasteiger partial charge in [0.05, 0.1) is 5.69 Å². The standard InChI is InChI=1S/C28H25N/c1-3-5-6-16-25(4-2)29(26-20-19-22-12-7-8-14-24(22)21-26)28-18-11-15-23-13-9-10-17-27(23)28/h3-21H,1-2H3/b5-3+,16-6-,25-4+. The summed E-state index contributed by atoms with van der Waals surface area (Å²) >= 11 is 0. The molecule has 1 nitrogen and oxygen atoms in total. The van der Waals surface area contributed by atoms with E-state index in [0.29, 0.717) is 0 Å². The van der Waals surface area contributed by atoms with Gasteiger partial charge in [0.1, 0.15) is 0 Å². The lowest BCUT2D eigenvalue weighted by atomic mass is 10.0. The van der Waals surface area contributed by atoms with Crippen LogP contribution in [-0.2, 0) is 0 Å². The molecule has 4 rings (SSSR count). The van der Waals surface area contributed by atoms with Crippen molar-refractivity contribution in [3.8, 4) is 0 Å². The van der Waals surface area contributed by atoms with Crippen LogP contribution >= 0.6 is 0 Å². The van der Waals surface area contributed by atoms with Gasteiger partial charge in [0.15, 0.2) is 0 Å². The number of fused-ring (bicyclic) bond motifs is 2. The molecule has 0 heterocycles. The van der Waals surface area contributed by atoms with E-state index in [-0.39, 0.29) is 0 Å². The van der Waals surface area contributed by atoms with Crippen LogP contribution in [0, 0.1) is 0 Å². The van der Waals surface area contributed by atoms with Gasteiger partial charge in [-0.2, -0.15) is 0 Å². The van der Waals surface area contributed by atoms with Crippen molar-refractivity contribution in [1.82, 2.24) is 0 Å². The van der Waals surface area contributed by atoms with Gasteiger partial charge in [0.2, 0.25) is 0 Å². The molecular formula is C28H25N. The fourth-order valence-electron chi connectivity index (χ4n) is 3.71. The van der Waals surface area contributed by atoms with Crippen LogP contribution in [0.3, 0.4) is 0 Å². The maximum Gasteiger partial charge on any atom is 0.0539 e. The van der Waals surface area contributed by atoms with E-state index in [4.69, 9.17) is 0 Å². The highest BCUT2D eigenvalue weighted by atomic mass is 15.1. The Morgan fingerprint density at radius 1 is 0.690 bits per heavy atom. The Morgan fingerprint density at radius 3 is 2.21 bits per heavy atom. The minimum Gasteiger partial charge on any atom is -0.310 e. The Balaban J connectivity index is 1.95. The molecule has 1 heteroatoms. The van der Waals surface area contributed by atoms with Crippen LogP contribution in [0.5, 0.6) is 0 Å². The molecule has 0 atom stereocenters. The maximum absolute atomic E-state index is 2.34. The van der Waals surface area contributed by atoms with E-state index in [0.717, 1.165) is 11.4 Å². The number of allylic oxidation sites excluding steroid dienone is 5. The van der Waals surface area contributed by atoms with Crippen LogP contribution in [0.1, 0.15) is 13.8 Å². The predicted molar refractivity (Wildman–Crippen MR) is 128 cm³/mol. The first-order chi connectivity index (χ1) is 14.3. The summed E-state index contributed by atoms with van der Waals surface area (Å²) in [7, 11) is 0. The number of benzene rings is 4. The highest BCUT2D eigenvalue weighted by Gasteiger charge is 2.15. The van der Waals surface area contributed by atoms with Crippen LogP contribution in [0.15, 0.2) is 121 Å². The van der Waals surface area contributed by atoms with Crippen LogP contribution in [0.4, 0.5) is 11.4 Å². The van der Waals surface area contributed by atoms with E-state index in [2.05, 4.69) is 121 Å². The number of rotatable bonds is 5. The minimum absolute atomic E-state index is 1.13. The SMILES string of the molecule is C/C=C/C=C\C(=C/C)N(c1ccc2ccccc2c1)c1cccc2ccccc12. The zero-order chi connectivity index (χ0) is 20.1. The molecule has 0 spiro atoms. The highest BCUT2D eigenvalue weighted by Crippen LogP contribution is 2.37. The molecule has 4 aromatic carbocycles. The Hall–Kier alpha value is -3.58. The Bertz CT molecular complexity index is 1220. The van der Waals surface area contributed by atoms with E-state index in [1.807, 2.05) is 13.0 Å². The Labute approximate surface area is 172 Å². The van der Waals surface area contributed by atoms with Gasteiger partial charge < -0.3 is 4.90 Å². The molecule has 0 aliphatic carbocycles. The van der Waals surface area contributed by atoms with Crippen LogP contribution in [0.25, 0.3) is 21.5 Å². The molecule has 0 unspecified atom stereocenters. The second-order valence-corrected chi connectivity index (χ2v) is 6.96. The topological polar surface area (TPSA) is 3.24 Å². The first-order valence-electron chi connectivity index (χ1n) is 10.0. The van der Waals surface area contributed by atoms with Gasteiger partial charge >= 0.3 is 0 Å². The molecule has 0 N–H and O–H groups in total. The number of hydrogen-bond donors (Lipinski definition) is 0. The average molecular weight is 376 g/mol. The van der Waals surface area contributed by atoms with Crippen molar-refractivity contribution in [2.24, 2.45) is 0 Å². The van der Waals surface area contributed by atoms with E-state index in [9.17, 15) is 0 Å². The van der Waals surface area contributed by atoms with Crippen molar-refractivity contribution in [1.29, 1.82) is 0 Å². The van der Waals surface area contributed by atoms with Crippen molar-refractivity contribution >= 4 is 32.9 Å². The van der Waals surface area contributed by atoms with Crippen molar-refractivity contribution < 1.29 is 0 Å². The molecule has 0 fully saturated rings. The lowest BCUT2D eigenvalue weighted by molar-refractivity contribution is 1.21. The molecule has 0 saturated heterocycles. The quantitative estimate of drug-likeness (QED) is 0.318. The molecule has 0 bridgehead atoms. The second-order valence-electron chi connectivity index (χ2n) is 6.96. The van der Waals surface area contributed by atoms with Crippen LogP contribution in [-0.4, -0.2) is 0 Å². The Morgan fingerprint density at radius 2 is 1.41 bits per heavy atom. The van der Waals surface area contributed by atoms with Gasteiger partial charge in [0, 0.05) is 16.8 Å². The van der Waals surface area contributed by atoms with E-state index in [1.54, 1.807) is 0 Å². The fraction of sp³-hybridized carbons (Fsp3) is 0.0714. The molecule has 4 aromatic rings. The second kappa shape index (κ2) is 8.62. The minimum atomic E-state index is 1.13. The number of hydrogen-bond acceptors (Lipinski definition) is 1. The monoisotopic (exact) mass is 375 g/mol. The molecule has 0 amide bonds. The highest BCUT2D eigenvalue weighted by molar-refractivity contribution is 5.98. The van der Waals surface area contributed by atoms with Crippen LogP contribution < -0.4 is 4.90 Å². The Kier molecular flexibility index (Phi) is 5.58. The lowest BCUT2D eigenvalue weighted by Gasteiger charge is -2.28. The molecule has 0 aliphatic rings. The van der Waals surface area contributed by atoms with Crippen LogP contribution in [0.2, 0.25) is 0 Å². The zero-order valence-electron chi connectivity index (χ0n) is 16.9. The number of anilines is 2. The summed E-state index contributed by atoms with van der Waals surface area (Å²) in [6.07, 6.45) is 10.5. The fourth-order valence-corrected chi connectivity index (χ4v) is 3.71. The van der Waals surface area contributed by atoms with Gasteiger partial charge in [-0.15, -0.1) is 0 Å². The van der Waals surface area contributed by atoms with Gasteiger partial charge in [-0.05, 0) is 54.3 Å². The molecular weight excluding hydrogens is 350 g/mol. The van der Waals surface area contributed by atoms with Crippen molar-refractivity contribution in [2.45, 2.75) is 13.8 Å². The zero-order valence-corrected chi connectivity index (χ0v) is 16.9. The first-order valence-corrected chi connectivity index (χ1v) is 10.0. The maximum atomic E-state index is 2.34. The third-order valence-corrected chi connectivity index (χ3v) is 5.12. The predicted octanol–water partition coefficient (Wildman–Crippen LogP) is 8.17. The van der Waals surface area contributed by atoms with Crippen molar-refractivity contribution in [3.05, 3.63) is 121 Å². The summed E-state index contributed by atoms with van der Waals surface area (Å²) in [4.78, 5) is 2.34. The summed E-state index contributed by atoms with van der Waals surface area (Å²) < 4.78 is 0.